The van der Waals surface area contributed by atoms with Crippen LogP contribution in [0.15, 0.2) is 61.7 Å². The number of hydrogen-bond acceptors (Lipinski definition) is 6. The first-order chi connectivity index (χ1) is 14.6. The van der Waals surface area contributed by atoms with Gasteiger partial charge in [0.2, 0.25) is 0 Å². The predicted octanol–water partition coefficient (Wildman–Crippen LogP) is 3.19. The lowest BCUT2D eigenvalue weighted by Gasteiger charge is -2.02. The highest BCUT2D eigenvalue weighted by molar-refractivity contribution is 5.47. The standard InChI is InChI=1S/C22H22N8/c1-4-17-6-10-19(11-7-17)14-29-25-21(23-27-29)16(3)22-24-28-30(26-22)15-20-12-8-18(5-2)9-13-20/h4-13,16H,1-2,14-15H2,3H3. The van der Waals surface area contributed by atoms with Gasteiger partial charge in [0.25, 0.3) is 0 Å². The highest BCUT2D eigenvalue weighted by atomic mass is 15.6. The van der Waals surface area contributed by atoms with Crippen molar-refractivity contribution >= 4 is 12.2 Å². The van der Waals surface area contributed by atoms with Gasteiger partial charge in [-0.25, -0.2) is 0 Å². The van der Waals surface area contributed by atoms with Crippen molar-refractivity contribution in [3.63, 3.8) is 0 Å². The minimum Gasteiger partial charge on any atom is -0.160 e. The molecule has 0 saturated heterocycles. The van der Waals surface area contributed by atoms with Crippen LogP contribution in [-0.2, 0) is 13.1 Å². The van der Waals surface area contributed by atoms with Crippen molar-refractivity contribution in [2.24, 2.45) is 0 Å². The SMILES string of the molecule is C=Cc1ccc(Cn2nnc(C(C)c3nnn(Cc4ccc(C=C)cc4)n3)n2)cc1. The highest BCUT2D eigenvalue weighted by Crippen LogP contribution is 2.16. The highest BCUT2D eigenvalue weighted by Gasteiger charge is 2.20. The summed E-state index contributed by atoms with van der Waals surface area (Å²) < 4.78 is 0. The van der Waals surface area contributed by atoms with E-state index in [0.717, 1.165) is 22.3 Å². The van der Waals surface area contributed by atoms with Gasteiger partial charge < -0.3 is 0 Å². The third kappa shape index (κ3) is 4.38. The lowest BCUT2D eigenvalue weighted by atomic mass is 10.1. The Morgan fingerprint density at radius 2 is 1.13 bits per heavy atom. The number of benzene rings is 2. The van der Waals surface area contributed by atoms with Gasteiger partial charge in [-0.2, -0.15) is 9.59 Å². The van der Waals surface area contributed by atoms with E-state index in [4.69, 9.17) is 0 Å². The Morgan fingerprint density at radius 3 is 1.50 bits per heavy atom. The molecule has 8 nitrogen and oxygen atoms in total. The van der Waals surface area contributed by atoms with E-state index < -0.39 is 0 Å². The van der Waals surface area contributed by atoms with Crippen molar-refractivity contribution in [3.8, 4) is 0 Å². The summed E-state index contributed by atoms with van der Waals surface area (Å²) in [6, 6.07) is 16.1. The Kier molecular flexibility index (Phi) is 5.56. The molecule has 0 spiro atoms. The lowest BCUT2D eigenvalue weighted by Crippen LogP contribution is -2.07. The number of tetrazole rings is 2. The van der Waals surface area contributed by atoms with Gasteiger partial charge in [-0.15, -0.1) is 20.4 Å². The molecule has 0 fully saturated rings. The maximum Gasteiger partial charge on any atom is 0.185 e. The topological polar surface area (TPSA) is 87.2 Å². The zero-order valence-corrected chi connectivity index (χ0v) is 16.8. The molecule has 0 aliphatic heterocycles. The number of rotatable bonds is 8. The minimum atomic E-state index is -0.209. The minimum absolute atomic E-state index is 0.209. The molecule has 0 atom stereocenters. The van der Waals surface area contributed by atoms with E-state index in [1.807, 2.05) is 67.6 Å². The van der Waals surface area contributed by atoms with Crippen molar-refractivity contribution in [3.05, 3.63) is 95.6 Å². The molecule has 2 heterocycles. The fourth-order valence-corrected chi connectivity index (χ4v) is 2.95. The lowest BCUT2D eigenvalue weighted by molar-refractivity contribution is 0.565. The number of aromatic nitrogens is 8. The summed E-state index contributed by atoms with van der Waals surface area (Å²) in [7, 11) is 0. The van der Waals surface area contributed by atoms with Crippen molar-refractivity contribution < 1.29 is 0 Å². The average molecular weight is 398 g/mol. The molecule has 0 N–H and O–H groups in total. The summed E-state index contributed by atoms with van der Waals surface area (Å²) in [6.45, 7) is 10.6. The Labute approximate surface area is 174 Å². The van der Waals surface area contributed by atoms with E-state index in [1.54, 1.807) is 9.59 Å². The molecule has 4 rings (SSSR count). The Balaban J connectivity index is 1.42. The Morgan fingerprint density at radius 1 is 0.733 bits per heavy atom. The zero-order valence-electron chi connectivity index (χ0n) is 16.8. The smallest absolute Gasteiger partial charge is 0.160 e. The first-order valence-electron chi connectivity index (χ1n) is 9.63. The molecule has 0 aliphatic rings. The third-order valence-electron chi connectivity index (χ3n) is 4.79. The number of nitrogens with zero attached hydrogens (tertiary/aromatic N) is 8. The van der Waals surface area contributed by atoms with Crippen molar-refractivity contribution in [1.82, 2.24) is 40.4 Å². The second-order valence-electron chi connectivity index (χ2n) is 6.97. The Bertz CT molecular complexity index is 1050. The average Bonchev–Trinajstić information content (AvgIpc) is 3.44. The molecule has 0 amide bonds. The molecular formula is C22H22N8. The van der Waals surface area contributed by atoms with Crippen LogP contribution < -0.4 is 0 Å². The van der Waals surface area contributed by atoms with Crippen LogP contribution in [0.5, 0.6) is 0 Å². The van der Waals surface area contributed by atoms with E-state index >= 15 is 0 Å². The molecule has 4 aromatic rings. The normalized spacial score (nSPS) is 11.0. The molecule has 150 valence electrons. The molecule has 2 aromatic carbocycles. The van der Waals surface area contributed by atoms with Gasteiger partial charge in [0.05, 0.1) is 19.0 Å². The van der Waals surface area contributed by atoms with Gasteiger partial charge in [-0.05, 0) is 39.6 Å². The van der Waals surface area contributed by atoms with Gasteiger partial charge in [0.15, 0.2) is 11.6 Å². The van der Waals surface area contributed by atoms with Crippen LogP contribution >= 0.6 is 0 Å². The monoisotopic (exact) mass is 398 g/mol. The van der Waals surface area contributed by atoms with Crippen LogP contribution in [0.4, 0.5) is 0 Å². The van der Waals surface area contributed by atoms with Gasteiger partial charge in [-0.3, -0.25) is 0 Å². The summed E-state index contributed by atoms with van der Waals surface area (Å²) >= 11 is 0. The third-order valence-corrected chi connectivity index (χ3v) is 4.79. The predicted molar refractivity (Wildman–Crippen MR) is 114 cm³/mol. The Hall–Kier alpha value is -3.94. The molecule has 0 radical (unpaired) electrons. The maximum atomic E-state index is 4.48. The summed E-state index contributed by atoms with van der Waals surface area (Å²) in [4.78, 5) is 3.14. The van der Waals surface area contributed by atoms with E-state index in [0.29, 0.717) is 24.7 Å². The van der Waals surface area contributed by atoms with Crippen LogP contribution in [0.25, 0.3) is 12.2 Å². The molecule has 2 aromatic heterocycles. The summed E-state index contributed by atoms with van der Waals surface area (Å²) in [6.07, 6.45) is 3.63. The summed E-state index contributed by atoms with van der Waals surface area (Å²) in [5.74, 6) is 0.916. The van der Waals surface area contributed by atoms with Crippen LogP contribution in [0.2, 0.25) is 0 Å². The van der Waals surface area contributed by atoms with Crippen LogP contribution in [0, 0.1) is 0 Å². The molecule has 8 heteroatoms. The first kappa shape index (κ1) is 19.4. The van der Waals surface area contributed by atoms with Crippen molar-refractivity contribution in [1.29, 1.82) is 0 Å². The molecule has 0 saturated carbocycles. The van der Waals surface area contributed by atoms with Crippen LogP contribution in [-0.4, -0.2) is 40.4 Å². The largest absolute Gasteiger partial charge is 0.185 e. The van der Waals surface area contributed by atoms with Crippen molar-refractivity contribution in [2.45, 2.75) is 25.9 Å². The van der Waals surface area contributed by atoms with Gasteiger partial charge in [0, 0.05) is 0 Å². The van der Waals surface area contributed by atoms with E-state index in [2.05, 4.69) is 44.0 Å². The summed E-state index contributed by atoms with van der Waals surface area (Å²) in [5.41, 5.74) is 4.32. The quantitative estimate of drug-likeness (QED) is 0.453. The van der Waals surface area contributed by atoms with Gasteiger partial charge in [0.1, 0.15) is 0 Å². The van der Waals surface area contributed by atoms with E-state index in [9.17, 15) is 0 Å². The maximum absolute atomic E-state index is 4.48. The number of hydrogen-bond donors (Lipinski definition) is 0. The second-order valence-corrected chi connectivity index (χ2v) is 6.97. The first-order valence-corrected chi connectivity index (χ1v) is 9.63. The molecule has 0 bridgehead atoms. The van der Waals surface area contributed by atoms with Crippen LogP contribution in [0.1, 0.15) is 46.7 Å². The fraction of sp³-hybridized carbons (Fsp3) is 0.182. The van der Waals surface area contributed by atoms with Crippen molar-refractivity contribution in [2.75, 3.05) is 0 Å². The molecule has 30 heavy (non-hydrogen) atoms. The molecular weight excluding hydrogens is 376 g/mol. The van der Waals surface area contributed by atoms with Crippen LogP contribution in [0.3, 0.4) is 0 Å². The molecule has 0 unspecified atom stereocenters. The second kappa shape index (κ2) is 8.60. The zero-order chi connectivity index (χ0) is 20.9. The summed E-state index contributed by atoms with van der Waals surface area (Å²) in [5, 5.41) is 25.6. The van der Waals surface area contributed by atoms with Gasteiger partial charge in [-0.1, -0.05) is 73.8 Å². The van der Waals surface area contributed by atoms with Gasteiger partial charge >= 0.3 is 0 Å². The van der Waals surface area contributed by atoms with E-state index in [-0.39, 0.29) is 5.92 Å². The van der Waals surface area contributed by atoms with E-state index in [1.165, 1.54) is 0 Å². The fourth-order valence-electron chi connectivity index (χ4n) is 2.95. The molecule has 0 aliphatic carbocycles.